The van der Waals surface area contributed by atoms with Crippen LogP contribution < -0.4 is 10.2 Å². The minimum Gasteiger partial charge on any atom is -0.370 e. The Balaban J connectivity index is 1.28. The molecule has 1 N–H and O–H groups in total. The minimum absolute atomic E-state index is 0.0386. The third kappa shape index (κ3) is 6.90. The number of nitrogens with zero attached hydrogens (tertiary/aromatic N) is 7. The summed E-state index contributed by atoms with van der Waals surface area (Å²) in [5.74, 6) is 1.45. The highest BCUT2D eigenvalue weighted by Crippen LogP contribution is 2.41. The molecular weight excluding hydrogens is 629 g/mol. The molecule has 0 bridgehead atoms. The van der Waals surface area contributed by atoms with E-state index < -0.39 is 17.6 Å². The number of rotatable bonds is 10. The standard InChI is InChI=1S/C37H39F3N8O/c1-46(27-6-4-3-5-7-27)20-25-15-30-31(32(16-25)37(38,39)40)21-48(36(30)49)34-18-26(17-33(44-34)42-13-12-23-8-9-23)29-14-24(19-41)10-11-28(29)35-45-43-22-47(35)2/h10-11,14-18,22-23,27H,3-9,12-13,20-21H2,1-2H3,(H,42,44). The summed E-state index contributed by atoms with van der Waals surface area (Å²) in [5, 5.41) is 21.5. The molecule has 3 aliphatic rings. The molecule has 0 radical (unpaired) electrons. The van der Waals surface area contributed by atoms with Gasteiger partial charge in [-0.1, -0.05) is 32.1 Å². The molecule has 2 aromatic heterocycles. The number of benzene rings is 2. The summed E-state index contributed by atoms with van der Waals surface area (Å²) in [5.41, 5.74) is 2.15. The number of fused-ring (bicyclic) bond motifs is 1. The number of hydrogen-bond acceptors (Lipinski definition) is 7. The molecule has 0 saturated heterocycles. The molecule has 7 rings (SSSR count). The Morgan fingerprint density at radius 2 is 1.82 bits per heavy atom. The Labute approximate surface area is 283 Å². The zero-order valence-electron chi connectivity index (χ0n) is 27.7. The molecule has 0 spiro atoms. The Hall–Kier alpha value is -4.76. The van der Waals surface area contributed by atoms with Crippen molar-refractivity contribution in [2.45, 2.75) is 76.7 Å². The van der Waals surface area contributed by atoms with Crippen LogP contribution in [0, 0.1) is 17.2 Å². The van der Waals surface area contributed by atoms with E-state index in [-0.39, 0.29) is 23.5 Å². The van der Waals surface area contributed by atoms with Crippen molar-refractivity contribution in [3.05, 3.63) is 76.6 Å². The molecule has 3 heterocycles. The first-order valence-corrected chi connectivity index (χ1v) is 17.0. The predicted octanol–water partition coefficient (Wildman–Crippen LogP) is 7.57. The highest BCUT2D eigenvalue weighted by Gasteiger charge is 2.41. The van der Waals surface area contributed by atoms with Gasteiger partial charge in [0, 0.05) is 37.3 Å². The summed E-state index contributed by atoms with van der Waals surface area (Å²) >= 11 is 0. The molecule has 2 saturated carbocycles. The van der Waals surface area contributed by atoms with E-state index in [4.69, 9.17) is 4.98 Å². The van der Waals surface area contributed by atoms with Gasteiger partial charge < -0.3 is 9.88 Å². The van der Waals surface area contributed by atoms with Gasteiger partial charge in [-0.05, 0) is 96.9 Å². The highest BCUT2D eigenvalue weighted by atomic mass is 19.4. The van der Waals surface area contributed by atoms with E-state index in [1.54, 1.807) is 41.2 Å². The van der Waals surface area contributed by atoms with Crippen LogP contribution in [-0.2, 0) is 26.3 Å². The minimum atomic E-state index is -4.63. The van der Waals surface area contributed by atoms with Gasteiger partial charge in [-0.25, -0.2) is 4.98 Å². The molecule has 1 amide bonds. The number of nitrogens with one attached hydrogen (secondary N) is 1. The Kier molecular flexibility index (Phi) is 8.88. The lowest BCUT2D eigenvalue weighted by molar-refractivity contribution is -0.138. The average molecular weight is 669 g/mol. The number of halogens is 3. The topological polar surface area (TPSA) is 103 Å². The first-order valence-electron chi connectivity index (χ1n) is 17.0. The summed E-state index contributed by atoms with van der Waals surface area (Å²) in [4.78, 5) is 22.3. The summed E-state index contributed by atoms with van der Waals surface area (Å²) in [6.45, 7) is 0.741. The van der Waals surface area contributed by atoms with Gasteiger partial charge in [-0.2, -0.15) is 18.4 Å². The van der Waals surface area contributed by atoms with Crippen molar-refractivity contribution in [1.82, 2.24) is 24.6 Å². The first-order chi connectivity index (χ1) is 23.6. The maximum atomic E-state index is 14.6. The van der Waals surface area contributed by atoms with Gasteiger partial charge in [0.15, 0.2) is 5.82 Å². The number of aryl methyl sites for hydroxylation is 1. The van der Waals surface area contributed by atoms with Crippen LogP contribution in [0.3, 0.4) is 0 Å². The molecular formula is C37H39F3N8O. The third-order valence-corrected chi connectivity index (χ3v) is 10.1. The number of carbonyl (C=O) groups is 1. The van der Waals surface area contributed by atoms with Crippen LogP contribution in [0.1, 0.15) is 84.0 Å². The van der Waals surface area contributed by atoms with E-state index >= 15 is 0 Å². The Morgan fingerprint density at radius 1 is 1.02 bits per heavy atom. The fourth-order valence-electron chi connectivity index (χ4n) is 7.22. The number of aromatic nitrogens is 4. The van der Waals surface area contributed by atoms with E-state index in [2.05, 4.69) is 26.5 Å². The first kappa shape index (κ1) is 32.8. The number of anilines is 2. The Bertz CT molecular complexity index is 1920. The zero-order chi connectivity index (χ0) is 34.3. The SMILES string of the molecule is CN(Cc1cc2c(c(C(F)(F)F)c1)CN(c1cc(-c3cc(C#N)ccc3-c3nncn3C)cc(NCCC3CC3)n1)C2=O)C1CCCCC1. The summed E-state index contributed by atoms with van der Waals surface area (Å²) < 4.78 is 45.6. The summed E-state index contributed by atoms with van der Waals surface area (Å²) in [6, 6.07) is 14.2. The van der Waals surface area contributed by atoms with Crippen molar-refractivity contribution in [3.8, 4) is 28.6 Å². The van der Waals surface area contributed by atoms with E-state index in [9.17, 15) is 23.2 Å². The molecule has 1 aliphatic heterocycles. The normalized spacial score (nSPS) is 16.7. The smallest absolute Gasteiger partial charge is 0.370 e. The average Bonchev–Trinajstić information content (AvgIpc) is 3.73. The monoisotopic (exact) mass is 668 g/mol. The summed E-state index contributed by atoms with van der Waals surface area (Å²) in [7, 11) is 3.77. The molecule has 0 atom stereocenters. The second kappa shape index (κ2) is 13.3. The van der Waals surface area contributed by atoms with Gasteiger partial charge in [0.2, 0.25) is 0 Å². The van der Waals surface area contributed by atoms with Crippen LogP contribution in [-0.4, -0.2) is 50.2 Å². The van der Waals surface area contributed by atoms with E-state index in [1.807, 2.05) is 20.2 Å². The van der Waals surface area contributed by atoms with Crippen molar-refractivity contribution in [1.29, 1.82) is 5.26 Å². The van der Waals surface area contributed by atoms with Gasteiger partial charge in [0.05, 0.1) is 23.7 Å². The molecule has 2 aliphatic carbocycles. The van der Waals surface area contributed by atoms with Crippen LogP contribution >= 0.6 is 0 Å². The van der Waals surface area contributed by atoms with Crippen molar-refractivity contribution in [2.75, 3.05) is 23.8 Å². The molecule has 2 fully saturated rings. The van der Waals surface area contributed by atoms with Crippen LogP contribution in [0.2, 0.25) is 0 Å². The lowest BCUT2D eigenvalue weighted by atomic mass is 9.93. The number of hydrogen-bond donors (Lipinski definition) is 1. The number of amides is 1. The van der Waals surface area contributed by atoms with Gasteiger partial charge >= 0.3 is 6.18 Å². The molecule has 254 valence electrons. The third-order valence-electron chi connectivity index (χ3n) is 10.1. The quantitative estimate of drug-likeness (QED) is 0.186. The number of carbonyl (C=O) groups excluding carboxylic acids is 1. The van der Waals surface area contributed by atoms with Crippen molar-refractivity contribution < 1.29 is 18.0 Å². The van der Waals surface area contributed by atoms with Gasteiger partial charge in [0.1, 0.15) is 18.0 Å². The van der Waals surface area contributed by atoms with Gasteiger partial charge in [0.25, 0.3) is 5.91 Å². The lowest BCUT2D eigenvalue weighted by Crippen LogP contribution is -2.33. The van der Waals surface area contributed by atoms with Gasteiger partial charge in [-0.3, -0.25) is 14.6 Å². The molecule has 49 heavy (non-hydrogen) atoms. The highest BCUT2D eigenvalue weighted by molar-refractivity contribution is 6.10. The van der Waals surface area contributed by atoms with Gasteiger partial charge in [-0.15, -0.1) is 10.2 Å². The fraction of sp³-hybridized carbons (Fsp3) is 0.432. The molecule has 0 unspecified atom stereocenters. The zero-order valence-corrected chi connectivity index (χ0v) is 27.7. The van der Waals surface area contributed by atoms with Crippen LogP contribution in [0.5, 0.6) is 0 Å². The predicted molar refractivity (Wildman–Crippen MR) is 181 cm³/mol. The lowest BCUT2D eigenvalue weighted by Gasteiger charge is -2.31. The molecule has 9 nitrogen and oxygen atoms in total. The van der Waals surface area contributed by atoms with E-state index in [0.29, 0.717) is 64.5 Å². The fourth-order valence-corrected chi connectivity index (χ4v) is 7.22. The molecule has 4 aromatic rings. The van der Waals surface area contributed by atoms with E-state index in [1.165, 1.54) is 30.2 Å². The maximum absolute atomic E-state index is 14.6. The summed E-state index contributed by atoms with van der Waals surface area (Å²) in [6.07, 6.45) is 5.78. The molecule has 2 aromatic carbocycles. The number of nitriles is 1. The second-order valence-corrected chi connectivity index (χ2v) is 13.7. The second-order valence-electron chi connectivity index (χ2n) is 13.7. The maximum Gasteiger partial charge on any atom is 0.416 e. The number of pyridine rings is 1. The number of alkyl halides is 3. The van der Waals surface area contributed by atoms with Crippen LogP contribution in [0.4, 0.5) is 24.8 Å². The largest absolute Gasteiger partial charge is 0.416 e. The van der Waals surface area contributed by atoms with Crippen molar-refractivity contribution in [2.24, 2.45) is 13.0 Å². The Morgan fingerprint density at radius 3 is 2.51 bits per heavy atom. The van der Waals surface area contributed by atoms with Crippen molar-refractivity contribution >= 4 is 17.5 Å². The van der Waals surface area contributed by atoms with E-state index in [0.717, 1.165) is 32.1 Å². The van der Waals surface area contributed by atoms with Crippen molar-refractivity contribution in [3.63, 3.8) is 0 Å². The molecule has 12 heteroatoms. The van der Waals surface area contributed by atoms with Crippen LogP contribution in [0.25, 0.3) is 22.5 Å². The van der Waals surface area contributed by atoms with Crippen LogP contribution in [0.15, 0.2) is 48.8 Å².